The summed E-state index contributed by atoms with van der Waals surface area (Å²) in [5.41, 5.74) is 2.22. The van der Waals surface area contributed by atoms with Gasteiger partial charge in [0.15, 0.2) is 0 Å². The number of nitrogens with zero attached hydrogens (tertiary/aromatic N) is 3. The van der Waals surface area contributed by atoms with Crippen LogP contribution in [0.25, 0.3) is 11.4 Å². The number of rotatable bonds is 7. The number of carbonyl (C=O) groups excluding carboxylic acids is 1. The van der Waals surface area contributed by atoms with Gasteiger partial charge < -0.3 is 10.1 Å². The second kappa shape index (κ2) is 8.84. The molecule has 0 aliphatic carbocycles. The van der Waals surface area contributed by atoms with Crippen LogP contribution in [0.5, 0.6) is 11.5 Å². The van der Waals surface area contributed by atoms with Gasteiger partial charge in [0.1, 0.15) is 17.2 Å². The molecule has 0 aliphatic heterocycles. The molecule has 0 spiro atoms. The highest BCUT2D eigenvalue weighted by Crippen LogP contribution is 2.21. The molecule has 1 N–H and O–H groups in total. The number of nitrogens with one attached hydrogen (secondary N) is 1. The minimum atomic E-state index is -0.131. The summed E-state index contributed by atoms with van der Waals surface area (Å²) < 4.78 is 7.54. The Morgan fingerprint density at radius 3 is 2.38 bits per heavy atom. The Labute approximate surface area is 168 Å². The van der Waals surface area contributed by atoms with Crippen LogP contribution < -0.4 is 10.1 Å². The summed E-state index contributed by atoms with van der Waals surface area (Å²) in [6.45, 7) is 1.05. The number of para-hydroxylation sites is 1. The van der Waals surface area contributed by atoms with Gasteiger partial charge in [0.05, 0.1) is 12.2 Å². The van der Waals surface area contributed by atoms with Crippen LogP contribution in [0, 0.1) is 0 Å². The first-order valence-electron chi connectivity index (χ1n) is 9.34. The third-order valence-electron chi connectivity index (χ3n) is 4.29. The highest BCUT2D eigenvalue weighted by Gasteiger charge is 2.07. The van der Waals surface area contributed by atoms with E-state index in [0.717, 1.165) is 17.1 Å². The van der Waals surface area contributed by atoms with Crippen molar-refractivity contribution in [2.24, 2.45) is 0 Å². The molecule has 1 amide bonds. The van der Waals surface area contributed by atoms with Crippen LogP contribution in [0.3, 0.4) is 0 Å². The maximum atomic E-state index is 12.3. The normalized spacial score (nSPS) is 10.5. The van der Waals surface area contributed by atoms with E-state index in [4.69, 9.17) is 4.74 Å². The predicted molar refractivity (Wildman–Crippen MR) is 111 cm³/mol. The fourth-order valence-corrected chi connectivity index (χ4v) is 2.82. The van der Waals surface area contributed by atoms with Gasteiger partial charge >= 0.3 is 0 Å². The molecule has 0 radical (unpaired) electrons. The number of hydrogen-bond acceptors (Lipinski definition) is 4. The Morgan fingerprint density at radius 1 is 0.862 bits per heavy atom. The first-order chi connectivity index (χ1) is 14.3. The summed E-state index contributed by atoms with van der Waals surface area (Å²) in [6, 6.07) is 24.2. The third kappa shape index (κ3) is 4.87. The van der Waals surface area contributed by atoms with E-state index >= 15 is 0 Å². The molecule has 0 saturated heterocycles. The number of hydrogen-bond donors (Lipinski definition) is 1. The molecule has 0 unspecified atom stereocenters. The lowest BCUT2D eigenvalue weighted by Gasteiger charge is -2.08. The Kier molecular flexibility index (Phi) is 5.62. The smallest absolute Gasteiger partial charge is 0.251 e. The Morgan fingerprint density at radius 2 is 1.62 bits per heavy atom. The summed E-state index contributed by atoms with van der Waals surface area (Å²) >= 11 is 0. The monoisotopic (exact) mass is 384 g/mol. The van der Waals surface area contributed by atoms with Crippen molar-refractivity contribution in [1.29, 1.82) is 0 Å². The standard InChI is InChI=1S/C23H20N4O2/c28-23(18-9-11-20(12-10-18)29-19-6-2-1-3-7-19)25-15-17-27-16-13-22(26-27)21-8-4-5-14-24-21/h1-14,16H,15,17H2,(H,25,28). The van der Waals surface area contributed by atoms with E-state index in [0.29, 0.717) is 24.4 Å². The van der Waals surface area contributed by atoms with Crippen molar-refractivity contribution < 1.29 is 9.53 Å². The van der Waals surface area contributed by atoms with Gasteiger partial charge in [-0.2, -0.15) is 5.10 Å². The van der Waals surface area contributed by atoms with Gasteiger partial charge in [-0.15, -0.1) is 0 Å². The van der Waals surface area contributed by atoms with Crippen molar-refractivity contribution >= 4 is 5.91 Å². The lowest BCUT2D eigenvalue weighted by molar-refractivity contribution is 0.0952. The Balaban J connectivity index is 1.28. The van der Waals surface area contributed by atoms with Gasteiger partial charge in [-0.1, -0.05) is 24.3 Å². The molecule has 4 rings (SSSR count). The SMILES string of the molecule is O=C(NCCn1ccc(-c2ccccn2)n1)c1ccc(Oc2ccccc2)cc1. The molecule has 0 bridgehead atoms. The van der Waals surface area contributed by atoms with E-state index in [2.05, 4.69) is 15.4 Å². The molecule has 4 aromatic rings. The van der Waals surface area contributed by atoms with Crippen molar-refractivity contribution in [2.75, 3.05) is 6.54 Å². The second-order valence-corrected chi connectivity index (χ2v) is 6.37. The highest BCUT2D eigenvalue weighted by atomic mass is 16.5. The van der Waals surface area contributed by atoms with Crippen LogP contribution in [-0.4, -0.2) is 27.2 Å². The quantitative estimate of drug-likeness (QED) is 0.519. The highest BCUT2D eigenvalue weighted by molar-refractivity contribution is 5.94. The number of ether oxygens (including phenoxy) is 1. The van der Waals surface area contributed by atoms with E-state index in [1.165, 1.54) is 0 Å². The number of benzene rings is 2. The average molecular weight is 384 g/mol. The van der Waals surface area contributed by atoms with Crippen molar-refractivity contribution in [2.45, 2.75) is 6.54 Å². The summed E-state index contributed by atoms with van der Waals surface area (Å²) in [6.07, 6.45) is 3.62. The molecule has 2 aromatic carbocycles. The van der Waals surface area contributed by atoms with Gasteiger partial charge in [-0.25, -0.2) is 0 Å². The van der Waals surface area contributed by atoms with Gasteiger partial charge in [-0.3, -0.25) is 14.5 Å². The molecule has 6 nitrogen and oxygen atoms in total. The zero-order valence-electron chi connectivity index (χ0n) is 15.7. The van der Waals surface area contributed by atoms with Crippen molar-refractivity contribution in [1.82, 2.24) is 20.1 Å². The summed E-state index contributed by atoms with van der Waals surface area (Å²) in [5, 5.41) is 7.40. The molecule has 6 heteroatoms. The molecule has 0 fully saturated rings. The van der Waals surface area contributed by atoms with Crippen LogP contribution >= 0.6 is 0 Å². The van der Waals surface area contributed by atoms with Crippen molar-refractivity contribution in [3.05, 3.63) is 96.8 Å². The van der Waals surface area contributed by atoms with Crippen LogP contribution in [0.2, 0.25) is 0 Å². The molecule has 29 heavy (non-hydrogen) atoms. The van der Waals surface area contributed by atoms with E-state index in [1.807, 2.05) is 60.8 Å². The number of aromatic nitrogens is 3. The van der Waals surface area contributed by atoms with E-state index < -0.39 is 0 Å². The van der Waals surface area contributed by atoms with Gasteiger partial charge in [0, 0.05) is 24.5 Å². The topological polar surface area (TPSA) is 69.0 Å². The van der Waals surface area contributed by atoms with Gasteiger partial charge in [0.25, 0.3) is 5.91 Å². The molecule has 144 valence electrons. The number of pyridine rings is 1. The number of carbonyl (C=O) groups is 1. The van der Waals surface area contributed by atoms with Gasteiger partial charge in [-0.05, 0) is 54.6 Å². The lowest BCUT2D eigenvalue weighted by atomic mass is 10.2. The molecular weight excluding hydrogens is 364 g/mol. The van der Waals surface area contributed by atoms with Gasteiger partial charge in [0.2, 0.25) is 0 Å². The Bertz CT molecular complexity index is 1060. The molecule has 0 saturated carbocycles. The molecule has 2 aromatic heterocycles. The lowest BCUT2D eigenvalue weighted by Crippen LogP contribution is -2.27. The largest absolute Gasteiger partial charge is 0.457 e. The maximum Gasteiger partial charge on any atom is 0.251 e. The first kappa shape index (κ1) is 18.4. The predicted octanol–water partition coefficient (Wildman–Crippen LogP) is 4.17. The summed E-state index contributed by atoms with van der Waals surface area (Å²) in [5.74, 6) is 1.31. The van der Waals surface area contributed by atoms with Crippen molar-refractivity contribution in [3.63, 3.8) is 0 Å². The van der Waals surface area contributed by atoms with Crippen LogP contribution in [0.1, 0.15) is 10.4 Å². The molecular formula is C23H20N4O2. The molecule has 2 heterocycles. The summed E-state index contributed by atoms with van der Waals surface area (Å²) in [4.78, 5) is 16.6. The van der Waals surface area contributed by atoms with Crippen LogP contribution in [0.15, 0.2) is 91.3 Å². The fourth-order valence-electron chi connectivity index (χ4n) is 2.82. The maximum absolute atomic E-state index is 12.3. The van der Waals surface area contributed by atoms with E-state index in [9.17, 15) is 4.79 Å². The summed E-state index contributed by atoms with van der Waals surface area (Å²) in [7, 11) is 0. The van der Waals surface area contributed by atoms with E-state index in [1.54, 1.807) is 35.1 Å². The molecule has 0 aliphatic rings. The van der Waals surface area contributed by atoms with E-state index in [-0.39, 0.29) is 5.91 Å². The fraction of sp³-hybridized carbons (Fsp3) is 0.0870. The Hall–Kier alpha value is -3.93. The number of amides is 1. The van der Waals surface area contributed by atoms with Crippen molar-refractivity contribution in [3.8, 4) is 22.9 Å². The second-order valence-electron chi connectivity index (χ2n) is 6.37. The minimum absolute atomic E-state index is 0.131. The molecule has 0 atom stereocenters. The average Bonchev–Trinajstić information content (AvgIpc) is 3.24. The zero-order chi connectivity index (χ0) is 19.9. The zero-order valence-corrected chi connectivity index (χ0v) is 15.7. The third-order valence-corrected chi connectivity index (χ3v) is 4.29. The van der Waals surface area contributed by atoms with Crippen LogP contribution in [0.4, 0.5) is 0 Å². The minimum Gasteiger partial charge on any atom is -0.457 e. The first-order valence-corrected chi connectivity index (χ1v) is 9.34. The van der Waals surface area contributed by atoms with Crippen LogP contribution in [-0.2, 0) is 6.54 Å².